The zero-order valence-electron chi connectivity index (χ0n) is 19.7. The minimum absolute atomic E-state index is 0.155. The number of rotatable bonds is 6. The van der Waals surface area contributed by atoms with Crippen LogP contribution in [0.3, 0.4) is 0 Å². The lowest BCUT2D eigenvalue weighted by Crippen LogP contribution is -2.40. The van der Waals surface area contributed by atoms with Crippen LogP contribution in [-0.2, 0) is 19.5 Å². The third-order valence-electron chi connectivity index (χ3n) is 6.13. The molecule has 3 heterocycles. The Bertz CT molecular complexity index is 1300. The van der Waals surface area contributed by atoms with Crippen LogP contribution in [0.2, 0.25) is 0 Å². The smallest absolute Gasteiger partial charge is 0.255 e. The van der Waals surface area contributed by atoms with E-state index in [1.165, 1.54) is 28.6 Å². The molecular formula is C25H27N5O5S. The zero-order chi connectivity index (χ0) is 25.0. The maximum atomic E-state index is 12.8. The summed E-state index contributed by atoms with van der Waals surface area (Å²) in [6, 6.07) is 17.1. The second-order valence-corrected chi connectivity index (χ2v) is 10.4. The van der Waals surface area contributed by atoms with E-state index >= 15 is 0 Å². The van der Waals surface area contributed by atoms with Crippen molar-refractivity contribution in [2.24, 2.45) is 0 Å². The lowest BCUT2D eigenvalue weighted by Gasteiger charge is -2.27. The van der Waals surface area contributed by atoms with E-state index in [-0.39, 0.29) is 10.8 Å². The number of carbonyl (C=O) groups excluding carboxylic acids is 1. The Labute approximate surface area is 209 Å². The Morgan fingerprint density at radius 3 is 2.19 bits per heavy atom. The van der Waals surface area contributed by atoms with Gasteiger partial charge in [-0.2, -0.15) is 4.31 Å². The topological polar surface area (TPSA) is 114 Å². The summed E-state index contributed by atoms with van der Waals surface area (Å²) < 4.78 is 37.6. The molecular weight excluding hydrogens is 482 g/mol. The van der Waals surface area contributed by atoms with E-state index in [1.54, 1.807) is 6.07 Å². The molecule has 2 saturated heterocycles. The molecule has 36 heavy (non-hydrogen) atoms. The van der Waals surface area contributed by atoms with Crippen LogP contribution in [0.15, 0.2) is 65.6 Å². The van der Waals surface area contributed by atoms with E-state index in [1.807, 2.05) is 30.3 Å². The molecule has 2 aliphatic heterocycles. The summed E-state index contributed by atoms with van der Waals surface area (Å²) in [6.07, 6.45) is 0. The SMILES string of the molecule is O=C(Nc1cccc(-c2ccc(N3CCOCC3)nn2)c1)c1ccc(S(=O)(=O)N2CCOCC2)cc1. The number of nitrogens with one attached hydrogen (secondary N) is 1. The predicted octanol–water partition coefficient (Wildman–Crippen LogP) is 2.25. The molecule has 2 aliphatic rings. The van der Waals surface area contributed by atoms with Gasteiger partial charge in [-0.15, -0.1) is 10.2 Å². The molecule has 11 heteroatoms. The van der Waals surface area contributed by atoms with Crippen molar-refractivity contribution in [1.82, 2.24) is 14.5 Å². The summed E-state index contributed by atoms with van der Waals surface area (Å²) in [5.74, 6) is 0.474. The highest BCUT2D eigenvalue weighted by atomic mass is 32.2. The van der Waals surface area contributed by atoms with Crippen LogP contribution in [0.25, 0.3) is 11.3 Å². The first kappa shape index (κ1) is 24.3. The van der Waals surface area contributed by atoms with Gasteiger partial charge in [0.2, 0.25) is 10.0 Å². The van der Waals surface area contributed by atoms with E-state index < -0.39 is 10.0 Å². The van der Waals surface area contributed by atoms with Crippen molar-refractivity contribution < 1.29 is 22.7 Å². The summed E-state index contributed by atoms with van der Waals surface area (Å²) in [4.78, 5) is 15.1. The molecule has 0 atom stereocenters. The van der Waals surface area contributed by atoms with Crippen molar-refractivity contribution in [3.63, 3.8) is 0 Å². The Morgan fingerprint density at radius 1 is 0.833 bits per heavy atom. The van der Waals surface area contributed by atoms with Gasteiger partial charge in [0, 0.05) is 43.0 Å². The molecule has 0 bridgehead atoms. The molecule has 0 saturated carbocycles. The molecule has 0 spiro atoms. The number of hydrogen-bond donors (Lipinski definition) is 1. The van der Waals surface area contributed by atoms with Crippen molar-refractivity contribution in [2.45, 2.75) is 4.90 Å². The molecule has 188 valence electrons. The molecule has 2 fully saturated rings. The fourth-order valence-corrected chi connectivity index (χ4v) is 5.52. The predicted molar refractivity (Wildman–Crippen MR) is 134 cm³/mol. The number of nitrogens with zero attached hydrogens (tertiary/aromatic N) is 4. The van der Waals surface area contributed by atoms with Gasteiger partial charge >= 0.3 is 0 Å². The molecule has 0 aliphatic carbocycles. The number of morpholine rings is 2. The highest BCUT2D eigenvalue weighted by molar-refractivity contribution is 7.89. The van der Waals surface area contributed by atoms with Crippen molar-refractivity contribution in [3.8, 4) is 11.3 Å². The second-order valence-electron chi connectivity index (χ2n) is 8.45. The van der Waals surface area contributed by atoms with Crippen LogP contribution in [0.1, 0.15) is 10.4 Å². The van der Waals surface area contributed by atoms with Crippen LogP contribution < -0.4 is 10.2 Å². The molecule has 0 unspecified atom stereocenters. The Hall–Kier alpha value is -3.38. The Balaban J connectivity index is 1.26. The normalized spacial score (nSPS) is 17.1. The third kappa shape index (κ3) is 5.39. The van der Waals surface area contributed by atoms with Crippen LogP contribution in [-0.4, -0.2) is 81.4 Å². The number of ether oxygens (including phenoxy) is 2. The van der Waals surface area contributed by atoms with E-state index in [2.05, 4.69) is 20.4 Å². The molecule has 5 rings (SSSR count). The van der Waals surface area contributed by atoms with Gasteiger partial charge in [-0.1, -0.05) is 12.1 Å². The Kier molecular flexibility index (Phi) is 7.23. The van der Waals surface area contributed by atoms with Crippen molar-refractivity contribution in [3.05, 3.63) is 66.2 Å². The summed E-state index contributed by atoms with van der Waals surface area (Å²) in [5, 5.41) is 11.6. The molecule has 1 amide bonds. The lowest BCUT2D eigenvalue weighted by atomic mass is 10.1. The first-order valence-corrected chi connectivity index (χ1v) is 13.2. The van der Waals surface area contributed by atoms with Crippen LogP contribution in [0.4, 0.5) is 11.5 Å². The average molecular weight is 510 g/mol. The van der Waals surface area contributed by atoms with E-state index in [9.17, 15) is 13.2 Å². The maximum absolute atomic E-state index is 12.8. The third-order valence-corrected chi connectivity index (χ3v) is 8.04. The van der Waals surface area contributed by atoms with E-state index in [4.69, 9.17) is 9.47 Å². The summed E-state index contributed by atoms with van der Waals surface area (Å²) in [5.41, 5.74) is 2.47. The number of carbonyl (C=O) groups is 1. The molecule has 10 nitrogen and oxygen atoms in total. The van der Waals surface area contributed by atoms with Crippen molar-refractivity contribution in [1.29, 1.82) is 0 Å². The van der Waals surface area contributed by atoms with Crippen LogP contribution >= 0.6 is 0 Å². The minimum Gasteiger partial charge on any atom is -0.379 e. The van der Waals surface area contributed by atoms with Gasteiger partial charge in [-0.3, -0.25) is 4.79 Å². The number of amides is 1. The lowest BCUT2D eigenvalue weighted by molar-refractivity contribution is 0.0730. The standard InChI is InChI=1S/C25H27N5O5S/c31-25(19-4-6-22(7-5-19)36(32,33)30-12-16-35-17-13-30)26-21-3-1-2-20(18-21)23-8-9-24(28-27-23)29-10-14-34-15-11-29/h1-9,18H,10-17H2,(H,26,31). The molecule has 1 aromatic heterocycles. The number of anilines is 2. The fraction of sp³-hybridized carbons (Fsp3) is 0.320. The number of benzene rings is 2. The first-order valence-electron chi connectivity index (χ1n) is 11.8. The largest absolute Gasteiger partial charge is 0.379 e. The summed E-state index contributed by atoms with van der Waals surface area (Å²) >= 11 is 0. The van der Waals surface area contributed by atoms with Gasteiger partial charge in [0.15, 0.2) is 5.82 Å². The van der Waals surface area contributed by atoms with Crippen LogP contribution in [0, 0.1) is 0 Å². The highest BCUT2D eigenvalue weighted by Gasteiger charge is 2.26. The van der Waals surface area contributed by atoms with Crippen molar-refractivity contribution >= 4 is 27.4 Å². The first-order chi connectivity index (χ1) is 17.5. The molecule has 1 N–H and O–H groups in total. The number of sulfonamides is 1. The highest BCUT2D eigenvalue weighted by Crippen LogP contribution is 2.23. The molecule has 0 radical (unpaired) electrons. The number of aromatic nitrogens is 2. The average Bonchev–Trinajstić information content (AvgIpc) is 2.94. The van der Waals surface area contributed by atoms with Gasteiger partial charge in [0.1, 0.15) is 0 Å². The monoisotopic (exact) mass is 509 g/mol. The van der Waals surface area contributed by atoms with Gasteiger partial charge in [0.25, 0.3) is 5.91 Å². The number of hydrogen-bond acceptors (Lipinski definition) is 8. The summed E-state index contributed by atoms with van der Waals surface area (Å²) in [7, 11) is -3.61. The van der Waals surface area contributed by atoms with Gasteiger partial charge in [-0.25, -0.2) is 8.42 Å². The maximum Gasteiger partial charge on any atom is 0.255 e. The summed E-state index contributed by atoms with van der Waals surface area (Å²) in [6.45, 7) is 4.33. The van der Waals surface area contributed by atoms with Crippen molar-refractivity contribution in [2.75, 3.05) is 62.8 Å². The van der Waals surface area contributed by atoms with Gasteiger partial charge < -0.3 is 19.7 Å². The van der Waals surface area contributed by atoms with Gasteiger partial charge in [-0.05, 0) is 48.5 Å². The zero-order valence-corrected chi connectivity index (χ0v) is 20.5. The van der Waals surface area contributed by atoms with Crippen LogP contribution in [0.5, 0.6) is 0 Å². The van der Waals surface area contributed by atoms with E-state index in [0.29, 0.717) is 56.5 Å². The quantitative estimate of drug-likeness (QED) is 0.538. The van der Waals surface area contributed by atoms with E-state index in [0.717, 1.165) is 24.5 Å². The fourth-order valence-electron chi connectivity index (χ4n) is 4.11. The minimum atomic E-state index is -3.61. The Morgan fingerprint density at radius 2 is 1.53 bits per heavy atom. The second kappa shape index (κ2) is 10.7. The molecule has 3 aromatic rings. The molecule has 2 aromatic carbocycles. The van der Waals surface area contributed by atoms with Gasteiger partial charge in [0.05, 0.1) is 37.0 Å².